The minimum atomic E-state index is -0.687. The second-order valence-electron chi connectivity index (χ2n) is 16.2. The van der Waals surface area contributed by atoms with E-state index in [0.717, 1.165) is 13.1 Å². The molecule has 0 saturated carbocycles. The van der Waals surface area contributed by atoms with Crippen LogP contribution in [0, 0.1) is 35.4 Å². The summed E-state index contributed by atoms with van der Waals surface area (Å²) in [4.78, 5) is 2.53. The summed E-state index contributed by atoms with van der Waals surface area (Å²) < 4.78 is 56.8. The van der Waals surface area contributed by atoms with Crippen LogP contribution in [0.4, 0.5) is 28.9 Å². The van der Waals surface area contributed by atoms with Crippen molar-refractivity contribution in [3.05, 3.63) is 204 Å². The van der Waals surface area contributed by atoms with Crippen molar-refractivity contribution in [1.29, 1.82) is 0 Å². The Hall–Kier alpha value is -5.44. The molecule has 0 N–H and O–H groups in total. The number of halogens is 4. The van der Waals surface area contributed by atoms with Gasteiger partial charge in [-0.05, 0) is 98.4 Å². The molecule has 0 spiro atoms. The summed E-state index contributed by atoms with van der Waals surface area (Å²) in [7, 11) is 0. The quantitative estimate of drug-likeness (QED) is 0.0416. The van der Waals surface area contributed by atoms with Crippen molar-refractivity contribution < 1.29 is 43.9 Å². The van der Waals surface area contributed by atoms with Gasteiger partial charge in [-0.15, -0.1) is 36.4 Å². The summed E-state index contributed by atoms with van der Waals surface area (Å²) in [6.07, 6.45) is 22.9. The second-order valence-corrected chi connectivity index (χ2v) is 16.2. The van der Waals surface area contributed by atoms with Crippen molar-refractivity contribution in [1.82, 2.24) is 9.13 Å². The van der Waals surface area contributed by atoms with E-state index in [1.807, 2.05) is 12.1 Å². The molecule has 4 heterocycles. The maximum absolute atomic E-state index is 13.1. The van der Waals surface area contributed by atoms with E-state index in [-0.39, 0.29) is 32.5 Å². The average Bonchev–Trinajstić information content (AvgIpc) is 4.05. The van der Waals surface area contributed by atoms with Crippen LogP contribution < -0.4 is 4.90 Å². The summed E-state index contributed by atoms with van der Waals surface area (Å²) >= 11 is 0. The fraction of sp³-hybridized carbons (Fsp3) is 0.264. The van der Waals surface area contributed by atoms with Crippen LogP contribution in [0.5, 0.6) is 0 Å². The van der Waals surface area contributed by atoms with Gasteiger partial charge in [0, 0.05) is 70.7 Å². The Morgan fingerprint density at radius 3 is 1.66 bits per heavy atom. The zero-order valence-corrected chi connectivity index (χ0v) is 38.0. The van der Waals surface area contributed by atoms with Crippen LogP contribution in [-0.2, 0) is 32.5 Å². The minimum absolute atomic E-state index is 0. The molecule has 0 aliphatic carbocycles. The van der Waals surface area contributed by atoms with Crippen LogP contribution in [0.2, 0.25) is 0 Å². The summed E-state index contributed by atoms with van der Waals surface area (Å²) in [6, 6.07) is 33.9. The molecule has 0 amide bonds. The van der Waals surface area contributed by atoms with Gasteiger partial charge in [0.2, 0.25) is 5.69 Å². The standard InChI is InChI=1S/C33H43N2.2C10H6F2N.Ti/c1-7-9-24-34-28-20-16-14-18-26(28)32(3,4)30(34)22-12-11-13-23-31-33(5,6)27-19-15-17-21-29(27)35(31)25-10-8-2;2*11-8-3-4-10(9(12)7-8)13-5-1-2-6-13;/h11-23H,7-10,24-25H2,1-6H3;2*1-6H;/q+1;2*-1;+4. The number of rotatable bonds is 11. The van der Waals surface area contributed by atoms with Crippen LogP contribution in [0.3, 0.4) is 0 Å². The number of hydrogen-bond acceptors (Lipinski definition) is 1. The number of nitrogens with zero attached hydrogens (tertiary/aromatic N) is 4. The molecule has 8 rings (SSSR count). The maximum atomic E-state index is 13.1. The molecule has 62 heavy (non-hydrogen) atoms. The van der Waals surface area contributed by atoms with Crippen LogP contribution in [0.25, 0.3) is 11.4 Å². The van der Waals surface area contributed by atoms with Gasteiger partial charge in [-0.1, -0.05) is 95.2 Å². The Morgan fingerprint density at radius 1 is 0.581 bits per heavy atom. The molecule has 2 aliphatic rings. The third-order valence-electron chi connectivity index (χ3n) is 11.2. The van der Waals surface area contributed by atoms with Crippen molar-refractivity contribution in [2.24, 2.45) is 0 Å². The molecule has 0 unspecified atom stereocenters. The predicted octanol–water partition coefficient (Wildman–Crippen LogP) is 13.6. The molecule has 6 aromatic rings. The van der Waals surface area contributed by atoms with Gasteiger partial charge < -0.3 is 14.0 Å². The van der Waals surface area contributed by atoms with Gasteiger partial charge in [-0.3, -0.25) is 0 Å². The zero-order valence-electron chi connectivity index (χ0n) is 36.5. The molecule has 2 aliphatic heterocycles. The Balaban J connectivity index is 0.000000218. The average molecular weight is 872 g/mol. The topological polar surface area (TPSA) is 16.1 Å². The van der Waals surface area contributed by atoms with Gasteiger partial charge in [0.15, 0.2) is 5.71 Å². The van der Waals surface area contributed by atoms with E-state index in [0.29, 0.717) is 11.4 Å². The Bertz CT molecular complexity index is 2430. The monoisotopic (exact) mass is 871 g/mol. The van der Waals surface area contributed by atoms with Crippen molar-refractivity contribution in [3.63, 3.8) is 0 Å². The predicted molar refractivity (Wildman–Crippen MR) is 241 cm³/mol. The van der Waals surface area contributed by atoms with Crippen LogP contribution in [0.1, 0.15) is 78.4 Å². The first-order valence-electron chi connectivity index (χ1n) is 21.1. The molecule has 4 nitrogen and oxygen atoms in total. The SMILES string of the molecule is CCCCN1C(=CC=CC=CC2=[N+](CCCC)c3ccccc3C2(C)C)C(C)(C)c2ccccc21.Fc1[c-]c(F)c(-n2cccc2)cc1.Fc1[c-]c(F)c(-n2cccc2)cc1.[Ti+4]. The van der Waals surface area contributed by atoms with Crippen LogP contribution in [-0.4, -0.2) is 32.5 Å². The van der Waals surface area contributed by atoms with Gasteiger partial charge in [0.1, 0.15) is 6.54 Å². The van der Waals surface area contributed by atoms with E-state index >= 15 is 0 Å². The maximum Gasteiger partial charge on any atom is 4.00 e. The van der Waals surface area contributed by atoms with Gasteiger partial charge in [0.05, 0.1) is 5.41 Å². The zero-order chi connectivity index (χ0) is 43.6. The van der Waals surface area contributed by atoms with Gasteiger partial charge in [-0.2, -0.15) is 4.58 Å². The van der Waals surface area contributed by atoms with Gasteiger partial charge in [-0.25, -0.2) is 17.6 Å². The summed E-state index contributed by atoms with van der Waals surface area (Å²) in [6.45, 7) is 16.1. The third kappa shape index (κ3) is 10.8. The van der Waals surface area contributed by atoms with E-state index in [2.05, 4.69) is 130 Å². The molecule has 4 aromatic carbocycles. The van der Waals surface area contributed by atoms with Crippen molar-refractivity contribution in [3.8, 4) is 11.4 Å². The molecule has 0 bridgehead atoms. The fourth-order valence-electron chi connectivity index (χ4n) is 8.01. The summed E-state index contributed by atoms with van der Waals surface area (Å²) in [5.74, 6) is -2.74. The number of benzene rings is 4. The Labute approximate surface area is 380 Å². The number of hydrogen-bond donors (Lipinski definition) is 0. The first-order chi connectivity index (χ1) is 29.4. The smallest absolute Gasteiger partial charge is 0.375 e. The molecule has 9 heteroatoms. The molecule has 0 fully saturated rings. The molecule has 0 atom stereocenters. The van der Waals surface area contributed by atoms with Crippen LogP contribution >= 0.6 is 0 Å². The number of aromatic nitrogens is 2. The largest absolute Gasteiger partial charge is 4.00 e. The van der Waals surface area contributed by atoms with E-state index in [1.165, 1.54) is 83.9 Å². The Kier molecular flexibility index (Phi) is 16.6. The van der Waals surface area contributed by atoms with Crippen LogP contribution in [0.15, 0.2) is 158 Å². The molecule has 2 aromatic heterocycles. The molecular weight excluding hydrogens is 816 g/mol. The normalized spacial score (nSPS) is 15.3. The van der Waals surface area contributed by atoms with E-state index < -0.39 is 23.3 Å². The minimum Gasteiger partial charge on any atom is -0.375 e. The second kappa shape index (κ2) is 21.6. The molecule has 316 valence electrons. The van der Waals surface area contributed by atoms with Crippen molar-refractivity contribution in [2.45, 2.75) is 78.1 Å². The van der Waals surface area contributed by atoms with Crippen molar-refractivity contribution >= 4 is 17.1 Å². The van der Waals surface area contributed by atoms with Gasteiger partial charge >= 0.3 is 21.7 Å². The number of anilines is 1. The number of allylic oxidation sites excluding steroid dienone is 6. The molecule has 0 saturated heterocycles. The first-order valence-corrected chi connectivity index (χ1v) is 21.1. The third-order valence-corrected chi connectivity index (χ3v) is 11.2. The van der Waals surface area contributed by atoms with Gasteiger partial charge in [0.25, 0.3) is 0 Å². The summed E-state index contributed by atoms with van der Waals surface area (Å²) in [5, 5.41) is 0. The Morgan fingerprint density at radius 2 is 1.11 bits per heavy atom. The molecular formula is C53H55F4N4Ti+3. The fourth-order valence-corrected chi connectivity index (χ4v) is 8.01. The van der Waals surface area contributed by atoms with E-state index in [4.69, 9.17) is 0 Å². The number of para-hydroxylation sites is 2. The van der Waals surface area contributed by atoms with Crippen molar-refractivity contribution in [2.75, 3.05) is 18.0 Å². The number of unbranched alkanes of at least 4 members (excludes halogenated alkanes) is 2. The van der Waals surface area contributed by atoms with E-state index in [9.17, 15) is 17.6 Å². The number of fused-ring (bicyclic) bond motifs is 2. The first kappa shape index (κ1) is 47.6. The van der Waals surface area contributed by atoms with E-state index in [1.54, 1.807) is 58.2 Å². The summed E-state index contributed by atoms with van der Waals surface area (Å²) in [5.41, 5.74) is 9.00. The molecule has 0 radical (unpaired) electrons.